The van der Waals surface area contributed by atoms with Crippen LogP contribution >= 0.6 is 0 Å². The molecule has 1 amide bonds. The normalized spacial score (nSPS) is 25.9. The zero-order valence-corrected chi connectivity index (χ0v) is 11.2. The lowest BCUT2D eigenvalue weighted by Gasteiger charge is -2.31. The zero-order chi connectivity index (χ0) is 12.5. The first-order chi connectivity index (χ1) is 7.97. The van der Waals surface area contributed by atoms with E-state index in [9.17, 15) is 13.2 Å². The molecule has 0 aromatic carbocycles. The van der Waals surface area contributed by atoms with Gasteiger partial charge in [0.15, 0.2) is 9.84 Å². The van der Waals surface area contributed by atoms with Crippen LogP contribution in [0.5, 0.6) is 0 Å². The van der Waals surface area contributed by atoms with Crippen LogP contribution in [0.15, 0.2) is 0 Å². The summed E-state index contributed by atoms with van der Waals surface area (Å²) in [6.45, 7) is 1.14. The number of carbonyl (C=O) groups excluding carboxylic acids is 1. The predicted molar refractivity (Wildman–Crippen MR) is 66.4 cm³/mol. The van der Waals surface area contributed by atoms with Gasteiger partial charge in [0.1, 0.15) is 0 Å². The number of rotatable bonds is 4. The first kappa shape index (κ1) is 12.9. The molecule has 0 bridgehead atoms. The van der Waals surface area contributed by atoms with E-state index in [-0.39, 0.29) is 11.2 Å². The molecule has 1 aliphatic heterocycles. The third kappa shape index (κ3) is 3.69. The van der Waals surface area contributed by atoms with Gasteiger partial charge in [-0.3, -0.25) is 4.79 Å². The number of piperidine rings is 1. The standard InChI is InChI=1S/C12H21NO3S/c1-17(15,16)11-3-2-8-13(9-11)12(14)7-6-10-4-5-10/h10-11H,2-9H2,1H3. The summed E-state index contributed by atoms with van der Waals surface area (Å²) in [5.41, 5.74) is 0. The quantitative estimate of drug-likeness (QED) is 0.762. The van der Waals surface area contributed by atoms with Crippen LogP contribution in [-0.2, 0) is 14.6 Å². The molecule has 0 aromatic rings. The van der Waals surface area contributed by atoms with Crippen molar-refractivity contribution >= 4 is 15.7 Å². The van der Waals surface area contributed by atoms with Crippen molar-refractivity contribution in [2.24, 2.45) is 5.92 Å². The number of likely N-dealkylation sites (tertiary alicyclic amines) is 1. The molecular formula is C12H21NO3S. The van der Waals surface area contributed by atoms with Gasteiger partial charge in [-0.25, -0.2) is 8.42 Å². The van der Waals surface area contributed by atoms with Crippen molar-refractivity contribution in [2.75, 3.05) is 19.3 Å². The van der Waals surface area contributed by atoms with Crippen LogP contribution in [0.3, 0.4) is 0 Å². The molecule has 2 fully saturated rings. The second-order valence-corrected chi connectivity index (χ2v) is 7.74. The van der Waals surface area contributed by atoms with E-state index >= 15 is 0 Å². The molecule has 1 aliphatic carbocycles. The minimum atomic E-state index is -3.01. The van der Waals surface area contributed by atoms with E-state index in [0.717, 1.165) is 25.3 Å². The summed E-state index contributed by atoms with van der Waals surface area (Å²) < 4.78 is 23.0. The summed E-state index contributed by atoms with van der Waals surface area (Å²) >= 11 is 0. The summed E-state index contributed by atoms with van der Waals surface area (Å²) in [5.74, 6) is 0.902. The van der Waals surface area contributed by atoms with Crippen molar-refractivity contribution in [1.29, 1.82) is 0 Å². The Kier molecular flexibility index (Phi) is 3.76. The van der Waals surface area contributed by atoms with Gasteiger partial charge in [0.25, 0.3) is 0 Å². The summed E-state index contributed by atoms with van der Waals surface area (Å²) in [4.78, 5) is 13.7. The number of carbonyl (C=O) groups is 1. The summed E-state index contributed by atoms with van der Waals surface area (Å²) in [7, 11) is -3.01. The van der Waals surface area contributed by atoms with E-state index in [1.807, 2.05) is 0 Å². The SMILES string of the molecule is CS(=O)(=O)C1CCCN(C(=O)CCC2CC2)C1. The first-order valence-electron chi connectivity index (χ1n) is 6.43. The predicted octanol–water partition coefficient (Wildman–Crippen LogP) is 1.21. The fraction of sp³-hybridized carbons (Fsp3) is 0.917. The van der Waals surface area contributed by atoms with Gasteiger partial charge in [-0.1, -0.05) is 12.8 Å². The molecule has 1 unspecified atom stereocenters. The van der Waals surface area contributed by atoms with Gasteiger partial charge in [-0.2, -0.15) is 0 Å². The lowest BCUT2D eigenvalue weighted by Crippen LogP contribution is -2.44. The van der Waals surface area contributed by atoms with E-state index in [1.54, 1.807) is 4.90 Å². The number of hydrogen-bond acceptors (Lipinski definition) is 3. The summed E-state index contributed by atoms with van der Waals surface area (Å²) in [6, 6.07) is 0. The Morgan fingerprint density at radius 1 is 1.29 bits per heavy atom. The molecule has 1 atom stereocenters. The Balaban J connectivity index is 1.85. The lowest BCUT2D eigenvalue weighted by molar-refractivity contribution is -0.132. The Hall–Kier alpha value is -0.580. The van der Waals surface area contributed by atoms with Gasteiger partial charge in [0, 0.05) is 25.8 Å². The monoisotopic (exact) mass is 259 g/mol. The highest BCUT2D eigenvalue weighted by atomic mass is 32.2. The highest BCUT2D eigenvalue weighted by Crippen LogP contribution is 2.33. The van der Waals surface area contributed by atoms with Crippen LogP contribution in [0.2, 0.25) is 0 Å². The minimum absolute atomic E-state index is 0.144. The Morgan fingerprint density at radius 2 is 2.00 bits per heavy atom. The second-order valence-electron chi connectivity index (χ2n) is 5.42. The molecule has 0 aromatic heterocycles. The van der Waals surface area contributed by atoms with Gasteiger partial charge < -0.3 is 4.90 Å². The molecule has 1 saturated carbocycles. The lowest BCUT2D eigenvalue weighted by atomic mass is 10.1. The van der Waals surface area contributed by atoms with Crippen LogP contribution < -0.4 is 0 Å². The van der Waals surface area contributed by atoms with Gasteiger partial charge in [-0.15, -0.1) is 0 Å². The van der Waals surface area contributed by atoms with Crippen LogP contribution in [0, 0.1) is 5.92 Å². The highest BCUT2D eigenvalue weighted by molar-refractivity contribution is 7.91. The van der Waals surface area contributed by atoms with Crippen LogP contribution in [0.25, 0.3) is 0 Å². The fourth-order valence-corrected chi connectivity index (χ4v) is 3.45. The van der Waals surface area contributed by atoms with Gasteiger partial charge in [-0.05, 0) is 25.2 Å². The Bertz CT molecular complexity index is 387. The van der Waals surface area contributed by atoms with E-state index in [2.05, 4.69) is 0 Å². The molecule has 17 heavy (non-hydrogen) atoms. The van der Waals surface area contributed by atoms with Crippen molar-refractivity contribution in [3.05, 3.63) is 0 Å². The van der Waals surface area contributed by atoms with Crippen molar-refractivity contribution in [3.8, 4) is 0 Å². The molecular weight excluding hydrogens is 238 g/mol. The van der Waals surface area contributed by atoms with Gasteiger partial charge >= 0.3 is 0 Å². The summed E-state index contributed by atoms with van der Waals surface area (Å²) in [6.07, 6.45) is 6.90. The van der Waals surface area contributed by atoms with Gasteiger partial charge in [0.2, 0.25) is 5.91 Å². The maximum Gasteiger partial charge on any atom is 0.222 e. The molecule has 2 rings (SSSR count). The van der Waals surface area contributed by atoms with E-state index in [0.29, 0.717) is 19.4 Å². The van der Waals surface area contributed by atoms with Crippen molar-refractivity contribution in [3.63, 3.8) is 0 Å². The maximum atomic E-state index is 11.9. The average molecular weight is 259 g/mol. The van der Waals surface area contributed by atoms with Gasteiger partial charge in [0.05, 0.1) is 5.25 Å². The fourth-order valence-electron chi connectivity index (χ4n) is 2.41. The van der Waals surface area contributed by atoms with E-state index in [4.69, 9.17) is 0 Å². The third-order valence-corrected chi connectivity index (χ3v) is 5.40. The largest absolute Gasteiger partial charge is 0.341 e. The van der Waals surface area contributed by atoms with E-state index in [1.165, 1.54) is 19.1 Å². The Morgan fingerprint density at radius 3 is 2.59 bits per heavy atom. The second kappa shape index (κ2) is 4.96. The maximum absolute atomic E-state index is 11.9. The number of hydrogen-bond donors (Lipinski definition) is 0. The zero-order valence-electron chi connectivity index (χ0n) is 10.4. The molecule has 5 heteroatoms. The molecule has 1 saturated heterocycles. The van der Waals surface area contributed by atoms with Crippen LogP contribution in [0.1, 0.15) is 38.5 Å². The molecule has 0 spiro atoms. The number of sulfone groups is 1. The number of amides is 1. The van der Waals surface area contributed by atoms with Crippen LogP contribution in [-0.4, -0.2) is 43.8 Å². The number of nitrogens with zero attached hydrogens (tertiary/aromatic N) is 1. The topological polar surface area (TPSA) is 54.5 Å². The Labute approximate surface area is 103 Å². The molecule has 0 N–H and O–H groups in total. The first-order valence-corrected chi connectivity index (χ1v) is 8.39. The van der Waals surface area contributed by atoms with Crippen molar-refractivity contribution in [2.45, 2.75) is 43.8 Å². The molecule has 4 nitrogen and oxygen atoms in total. The molecule has 2 aliphatic rings. The minimum Gasteiger partial charge on any atom is -0.341 e. The average Bonchev–Trinajstić information content (AvgIpc) is 3.09. The summed E-state index contributed by atoms with van der Waals surface area (Å²) in [5, 5.41) is -0.346. The smallest absolute Gasteiger partial charge is 0.222 e. The van der Waals surface area contributed by atoms with Crippen LogP contribution in [0.4, 0.5) is 0 Å². The van der Waals surface area contributed by atoms with Crippen molar-refractivity contribution in [1.82, 2.24) is 4.90 Å². The molecule has 0 radical (unpaired) electrons. The van der Waals surface area contributed by atoms with Crippen molar-refractivity contribution < 1.29 is 13.2 Å². The molecule has 98 valence electrons. The molecule has 1 heterocycles. The van der Waals surface area contributed by atoms with E-state index < -0.39 is 9.84 Å². The highest BCUT2D eigenvalue weighted by Gasteiger charge is 2.30. The third-order valence-electron chi connectivity index (χ3n) is 3.80.